The molecule has 3 rings (SSSR count). The number of nitrogens with zero attached hydrogens (tertiary/aromatic N) is 3. The van der Waals surface area contributed by atoms with Crippen LogP contribution in [0.25, 0.3) is 0 Å². The maximum atomic E-state index is 12.1. The third kappa shape index (κ3) is 3.29. The average Bonchev–Trinajstić information content (AvgIpc) is 3.13. The lowest BCUT2D eigenvalue weighted by Crippen LogP contribution is -2.13. The van der Waals surface area contributed by atoms with Crippen LogP contribution in [0.4, 0.5) is 5.95 Å². The smallest absolute Gasteiger partial charge is 0.246 e. The van der Waals surface area contributed by atoms with Gasteiger partial charge in [-0.3, -0.25) is 0 Å². The van der Waals surface area contributed by atoms with Crippen molar-refractivity contribution in [1.29, 1.82) is 0 Å². The van der Waals surface area contributed by atoms with Gasteiger partial charge in [0.25, 0.3) is 16.0 Å². The van der Waals surface area contributed by atoms with Crippen LogP contribution < -0.4 is 4.72 Å². The van der Waals surface area contributed by atoms with Gasteiger partial charge in [0.1, 0.15) is 10.5 Å². The van der Waals surface area contributed by atoms with E-state index in [0.29, 0.717) is 11.6 Å². The zero-order chi connectivity index (χ0) is 15.6. The fourth-order valence-electron chi connectivity index (χ4n) is 1.81. The Bertz CT molecular complexity index is 875. The highest BCUT2D eigenvalue weighted by Crippen LogP contribution is 2.19. The second-order valence-corrected chi connectivity index (χ2v) is 7.66. The quantitative estimate of drug-likeness (QED) is 0.764. The van der Waals surface area contributed by atoms with E-state index in [9.17, 15) is 8.42 Å². The predicted molar refractivity (Wildman–Crippen MR) is 85.7 cm³/mol. The molecule has 0 amide bonds. The fraction of sp³-hybridized carbons (Fsp3) is 0.0769. The molecule has 0 atom stereocenters. The molecule has 0 spiro atoms. The van der Waals surface area contributed by atoms with Gasteiger partial charge in [-0.05, 0) is 23.1 Å². The van der Waals surface area contributed by atoms with Gasteiger partial charge in [-0.25, -0.2) is 17.8 Å². The van der Waals surface area contributed by atoms with Crippen LogP contribution in [0.3, 0.4) is 0 Å². The van der Waals surface area contributed by atoms with E-state index in [-0.39, 0.29) is 10.2 Å². The Morgan fingerprint density at radius 1 is 1.23 bits per heavy atom. The summed E-state index contributed by atoms with van der Waals surface area (Å²) in [4.78, 5) is 3.96. The summed E-state index contributed by atoms with van der Waals surface area (Å²) in [6, 6.07) is 10.6. The molecule has 22 heavy (non-hydrogen) atoms. The van der Waals surface area contributed by atoms with E-state index in [4.69, 9.17) is 11.6 Å². The molecule has 0 radical (unpaired) electrons. The summed E-state index contributed by atoms with van der Waals surface area (Å²) < 4.78 is 28.2. The fourth-order valence-corrected chi connectivity index (χ4v) is 3.94. The molecule has 0 aliphatic heterocycles. The van der Waals surface area contributed by atoms with E-state index < -0.39 is 10.0 Å². The highest BCUT2D eigenvalue weighted by atomic mass is 35.5. The van der Waals surface area contributed by atoms with E-state index in [1.54, 1.807) is 17.5 Å². The second kappa shape index (κ2) is 6.07. The molecule has 0 unspecified atom stereocenters. The lowest BCUT2D eigenvalue weighted by molar-refractivity contribution is 0.602. The molecule has 0 bridgehead atoms. The summed E-state index contributed by atoms with van der Waals surface area (Å²) in [7, 11) is -3.63. The van der Waals surface area contributed by atoms with Crippen LogP contribution in [-0.4, -0.2) is 23.2 Å². The summed E-state index contributed by atoms with van der Waals surface area (Å²) in [5, 5.41) is 6.42. The Morgan fingerprint density at radius 3 is 2.77 bits per heavy atom. The SMILES string of the molecule is O=S(=O)(Nc1ncn(Cc2ccccc2Cl)n1)c1cccs1. The molecule has 6 nitrogen and oxygen atoms in total. The Hall–Kier alpha value is -1.90. The molecular formula is C13H11ClN4O2S2. The third-order valence-corrected chi connectivity index (χ3v) is 5.91. The van der Waals surface area contributed by atoms with Gasteiger partial charge < -0.3 is 0 Å². The van der Waals surface area contributed by atoms with Crippen molar-refractivity contribution in [1.82, 2.24) is 14.8 Å². The van der Waals surface area contributed by atoms with Gasteiger partial charge in [0.15, 0.2) is 0 Å². The van der Waals surface area contributed by atoms with Crippen molar-refractivity contribution in [3.63, 3.8) is 0 Å². The topological polar surface area (TPSA) is 76.9 Å². The molecule has 9 heteroatoms. The van der Waals surface area contributed by atoms with E-state index in [1.807, 2.05) is 18.2 Å². The normalized spacial score (nSPS) is 11.5. The van der Waals surface area contributed by atoms with Crippen molar-refractivity contribution in [2.45, 2.75) is 10.8 Å². The third-order valence-electron chi connectivity index (χ3n) is 2.81. The van der Waals surface area contributed by atoms with Gasteiger partial charge >= 0.3 is 0 Å². The van der Waals surface area contributed by atoms with E-state index in [1.165, 1.54) is 17.1 Å². The van der Waals surface area contributed by atoms with Crippen LogP contribution in [0.1, 0.15) is 5.56 Å². The van der Waals surface area contributed by atoms with Crippen LogP contribution in [-0.2, 0) is 16.6 Å². The van der Waals surface area contributed by atoms with Crippen LogP contribution in [0, 0.1) is 0 Å². The summed E-state index contributed by atoms with van der Waals surface area (Å²) in [5.74, 6) is 0.0282. The van der Waals surface area contributed by atoms with Crippen LogP contribution in [0.5, 0.6) is 0 Å². The van der Waals surface area contributed by atoms with Crippen molar-refractivity contribution in [2.24, 2.45) is 0 Å². The maximum absolute atomic E-state index is 12.1. The summed E-state index contributed by atoms with van der Waals surface area (Å²) in [6.45, 7) is 0.410. The lowest BCUT2D eigenvalue weighted by Gasteiger charge is -2.03. The van der Waals surface area contributed by atoms with Crippen LogP contribution in [0.15, 0.2) is 52.3 Å². The predicted octanol–water partition coefficient (Wildman–Crippen LogP) is 2.84. The Morgan fingerprint density at radius 2 is 2.05 bits per heavy atom. The van der Waals surface area contributed by atoms with Gasteiger partial charge in [-0.1, -0.05) is 35.9 Å². The number of nitrogens with one attached hydrogen (secondary N) is 1. The molecule has 1 aromatic carbocycles. The van der Waals surface area contributed by atoms with E-state index in [0.717, 1.165) is 16.9 Å². The largest absolute Gasteiger partial charge is 0.273 e. The first-order valence-electron chi connectivity index (χ1n) is 6.24. The molecule has 0 saturated carbocycles. The molecule has 114 valence electrons. The number of thiophene rings is 1. The van der Waals surface area contributed by atoms with Gasteiger partial charge in [-0.2, -0.15) is 4.98 Å². The number of aromatic nitrogens is 3. The van der Waals surface area contributed by atoms with Crippen molar-refractivity contribution >= 4 is 38.9 Å². The monoisotopic (exact) mass is 354 g/mol. The summed E-state index contributed by atoms with van der Waals surface area (Å²) in [5.41, 5.74) is 0.877. The minimum absolute atomic E-state index is 0.0282. The second-order valence-electron chi connectivity index (χ2n) is 4.39. The molecule has 0 saturated heterocycles. The zero-order valence-corrected chi connectivity index (χ0v) is 13.6. The molecule has 2 aromatic heterocycles. The highest BCUT2D eigenvalue weighted by molar-refractivity contribution is 7.94. The zero-order valence-electron chi connectivity index (χ0n) is 11.2. The summed E-state index contributed by atoms with van der Waals surface area (Å²) >= 11 is 7.21. The van der Waals surface area contributed by atoms with Gasteiger partial charge in [0.05, 0.1) is 6.54 Å². The van der Waals surface area contributed by atoms with E-state index in [2.05, 4.69) is 14.8 Å². The summed E-state index contributed by atoms with van der Waals surface area (Å²) in [6.07, 6.45) is 1.45. The number of rotatable bonds is 5. The minimum Gasteiger partial charge on any atom is -0.246 e. The van der Waals surface area contributed by atoms with Crippen molar-refractivity contribution < 1.29 is 8.42 Å². The minimum atomic E-state index is -3.63. The van der Waals surface area contributed by atoms with Crippen molar-refractivity contribution in [3.05, 3.63) is 58.7 Å². The first kappa shape index (κ1) is 15.0. The molecule has 0 aliphatic rings. The molecular weight excluding hydrogens is 344 g/mol. The van der Waals surface area contributed by atoms with Gasteiger partial charge in [0, 0.05) is 5.02 Å². The standard InChI is InChI=1S/C13H11ClN4O2S2/c14-11-5-2-1-4-10(11)8-18-9-15-13(16-18)17-22(19,20)12-6-3-7-21-12/h1-7,9H,8H2,(H,16,17). The Labute approximate surface area is 136 Å². The molecule has 0 aliphatic carbocycles. The maximum Gasteiger partial charge on any atom is 0.273 e. The lowest BCUT2D eigenvalue weighted by atomic mass is 10.2. The molecule has 2 heterocycles. The first-order valence-corrected chi connectivity index (χ1v) is 8.98. The van der Waals surface area contributed by atoms with Crippen molar-refractivity contribution in [2.75, 3.05) is 4.72 Å². The van der Waals surface area contributed by atoms with Gasteiger partial charge in [-0.15, -0.1) is 16.4 Å². The van der Waals surface area contributed by atoms with Crippen LogP contribution in [0.2, 0.25) is 5.02 Å². The molecule has 0 fully saturated rings. The number of hydrogen-bond donors (Lipinski definition) is 1. The Kier molecular flexibility index (Phi) is 4.14. The van der Waals surface area contributed by atoms with Crippen molar-refractivity contribution in [3.8, 4) is 0 Å². The number of benzene rings is 1. The molecule has 1 N–H and O–H groups in total. The van der Waals surface area contributed by atoms with Gasteiger partial charge in [0.2, 0.25) is 0 Å². The number of sulfonamides is 1. The first-order chi connectivity index (χ1) is 10.5. The Balaban J connectivity index is 1.76. The number of hydrogen-bond acceptors (Lipinski definition) is 5. The van der Waals surface area contributed by atoms with Crippen LogP contribution >= 0.6 is 22.9 Å². The molecule has 3 aromatic rings. The van der Waals surface area contributed by atoms with E-state index >= 15 is 0 Å². The highest BCUT2D eigenvalue weighted by Gasteiger charge is 2.17. The number of anilines is 1. The number of halogens is 1. The average molecular weight is 355 g/mol.